The molecule has 43 heavy (non-hydrogen) atoms. The van der Waals surface area contributed by atoms with E-state index < -0.39 is 23.9 Å². The zero-order valence-corrected chi connectivity index (χ0v) is 25.1. The summed E-state index contributed by atoms with van der Waals surface area (Å²) in [6.45, 7) is 2.30. The Morgan fingerprint density at radius 1 is 0.953 bits per heavy atom. The summed E-state index contributed by atoms with van der Waals surface area (Å²) in [5.74, 6) is -2.11. The summed E-state index contributed by atoms with van der Waals surface area (Å²) in [6, 6.07) is 26.3. The summed E-state index contributed by atoms with van der Waals surface area (Å²) in [6.07, 6.45) is 1.50. The molecular weight excluding hydrogens is 578 g/mol. The molecule has 2 aliphatic rings. The van der Waals surface area contributed by atoms with Gasteiger partial charge < -0.3 is 10.2 Å². The number of hydrogen-bond acceptors (Lipinski definition) is 5. The van der Waals surface area contributed by atoms with Gasteiger partial charge in [-0.15, -0.1) is 11.3 Å². The van der Waals surface area contributed by atoms with E-state index >= 15 is 0 Å². The van der Waals surface area contributed by atoms with Gasteiger partial charge in [0.2, 0.25) is 11.8 Å². The molecule has 0 radical (unpaired) electrons. The Kier molecular flexibility index (Phi) is 8.16. The number of amides is 2. The summed E-state index contributed by atoms with van der Waals surface area (Å²) in [5.41, 5.74) is 4.02. The number of hydrogen-bond donors (Lipinski definition) is 1. The highest BCUT2D eigenvalue weighted by Crippen LogP contribution is 2.53. The van der Waals surface area contributed by atoms with Crippen molar-refractivity contribution < 1.29 is 14.4 Å². The number of nitrogens with one attached hydrogen (secondary N) is 1. The molecule has 2 amide bonds. The molecule has 0 spiro atoms. The van der Waals surface area contributed by atoms with E-state index in [1.54, 1.807) is 47.4 Å². The third-order valence-corrected chi connectivity index (χ3v) is 9.54. The zero-order valence-electron chi connectivity index (χ0n) is 23.6. The average Bonchev–Trinajstić information content (AvgIpc) is 3.61. The average molecular weight is 608 g/mol. The number of carbonyl (C=O) groups excluding carboxylic acids is 3. The number of Topliss-reactive ketones (excluding diaryl/α,β-unsaturated/α-hetero) is 1. The van der Waals surface area contributed by atoms with E-state index in [4.69, 9.17) is 11.6 Å². The van der Waals surface area contributed by atoms with Gasteiger partial charge in [-0.3, -0.25) is 14.4 Å². The lowest BCUT2D eigenvalue weighted by Gasteiger charge is -2.32. The van der Waals surface area contributed by atoms with Crippen LogP contribution >= 0.6 is 22.9 Å². The molecule has 6 nitrogen and oxygen atoms in total. The third-order valence-electron chi connectivity index (χ3n) is 8.41. The molecule has 2 fully saturated rings. The van der Waals surface area contributed by atoms with Crippen LogP contribution in [0.3, 0.4) is 0 Å². The normalized spacial score (nSPS) is 21.3. The van der Waals surface area contributed by atoms with Gasteiger partial charge in [-0.1, -0.05) is 71.8 Å². The Balaban J connectivity index is 1.50. The topological polar surface area (TPSA) is 90.3 Å². The number of aryl methyl sites for hydroxylation is 1. The van der Waals surface area contributed by atoms with Crippen LogP contribution in [0.2, 0.25) is 5.02 Å². The molecule has 1 aromatic heterocycles. The molecule has 4 unspecified atom stereocenters. The molecule has 3 aromatic carbocycles. The summed E-state index contributed by atoms with van der Waals surface area (Å²) < 4.78 is 0. The second-order valence-corrected chi connectivity index (χ2v) is 12.7. The van der Waals surface area contributed by atoms with Crippen LogP contribution in [0.25, 0.3) is 0 Å². The molecule has 8 heteroatoms. The molecule has 2 heterocycles. The zero-order chi connectivity index (χ0) is 30.1. The Morgan fingerprint density at radius 3 is 2.23 bits per heavy atom. The predicted octanol–water partition coefficient (Wildman–Crippen LogP) is 6.84. The van der Waals surface area contributed by atoms with Crippen molar-refractivity contribution in [1.29, 1.82) is 5.26 Å². The number of likely N-dealkylation sites (tertiary alicyclic amines) is 1. The van der Waals surface area contributed by atoms with E-state index in [0.29, 0.717) is 22.0 Å². The Morgan fingerprint density at radius 2 is 1.63 bits per heavy atom. The highest BCUT2D eigenvalue weighted by molar-refractivity contribution is 7.12. The van der Waals surface area contributed by atoms with Gasteiger partial charge >= 0.3 is 0 Å². The molecule has 1 saturated heterocycles. The smallest absolute Gasteiger partial charge is 0.243 e. The molecule has 0 bridgehead atoms. The minimum Gasteiger partial charge on any atom is -0.350 e. The summed E-state index contributed by atoms with van der Waals surface area (Å²) in [5, 5.41) is 14.9. The van der Waals surface area contributed by atoms with Crippen molar-refractivity contribution in [3.05, 3.63) is 128 Å². The third kappa shape index (κ3) is 5.86. The van der Waals surface area contributed by atoms with Crippen molar-refractivity contribution in [3.8, 4) is 6.07 Å². The highest BCUT2D eigenvalue weighted by Gasteiger charge is 2.58. The van der Waals surface area contributed by atoms with Gasteiger partial charge in [-0.25, -0.2) is 0 Å². The van der Waals surface area contributed by atoms with Crippen LogP contribution in [0.4, 0.5) is 0 Å². The monoisotopic (exact) mass is 607 g/mol. The number of halogens is 1. The van der Waals surface area contributed by atoms with E-state index in [-0.39, 0.29) is 23.5 Å². The first kappa shape index (κ1) is 28.9. The summed E-state index contributed by atoms with van der Waals surface area (Å²) in [4.78, 5) is 45.2. The quantitative estimate of drug-likeness (QED) is 0.222. The number of carbonyl (C=O) groups is 3. The lowest BCUT2D eigenvalue weighted by Crippen LogP contribution is -2.49. The van der Waals surface area contributed by atoms with Gasteiger partial charge in [0.1, 0.15) is 6.04 Å². The first-order valence-corrected chi connectivity index (χ1v) is 15.6. The minimum absolute atomic E-state index is 0.119. The maximum atomic E-state index is 14.5. The van der Waals surface area contributed by atoms with Crippen molar-refractivity contribution in [3.63, 3.8) is 0 Å². The van der Waals surface area contributed by atoms with Crippen molar-refractivity contribution in [2.24, 2.45) is 11.8 Å². The second-order valence-electron chi connectivity index (χ2n) is 11.3. The lowest BCUT2D eigenvalue weighted by atomic mass is 9.77. The Bertz CT molecular complexity index is 1670. The number of benzene rings is 3. The number of nitrogens with zero attached hydrogens (tertiary/aromatic N) is 2. The van der Waals surface area contributed by atoms with E-state index in [0.717, 1.165) is 35.1 Å². The maximum absolute atomic E-state index is 14.5. The molecule has 1 N–H and O–H groups in total. The molecule has 1 saturated carbocycles. The molecule has 216 valence electrons. The van der Waals surface area contributed by atoms with Crippen LogP contribution in [0, 0.1) is 30.1 Å². The molecule has 4 aromatic rings. The van der Waals surface area contributed by atoms with Gasteiger partial charge in [-0.05, 0) is 72.2 Å². The number of rotatable bonds is 8. The Labute approximate surface area is 259 Å². The lowest BCUT2D eigenvalue weighted by molar-refractivity contribution is -0.142. The summed E-state index contributed by atoms with van der Waals surface area (Å²) >= 11 is 7.62. The van der Waals surface area contributed by atoms with E-state index in [1.165, 1.54) is 11.3 Å². The second kappa shape index (κ2) is 12.2. The molecule has 1 aliphatic carbocycles. The van der Waals surface area contributed by atoms with Gasteiger partial charge in [0.05, 0.1) is 28.5 Å². The fraction of sp³-hybridized carbons (Fsp3) is 0.257. The minimum atomic E-state index is -0.936. The van der Waals surface area contributed by atoms with E-state index in [1.807, 2.05) is 54.8 Å². The highest BCUT2D eigenvalue weighted by atomic mass is 35.5. The van der Waals surface area contributed by atoms with E-state index in [2.05, 4.69) is 11.4 Å². The number of nitriles is 1. The molecule has 4 atom stereocenters. The van der Waals surface area contributed by atoms with Gasteiger partial charge in [0.15, 0.2) is 5.78 Å². The first-order valence-electron chi connectivity index (χ1n) is 14.3. The van der Waals surface area contributed by atoms with E-state index in [9.17, 15) is 19.6 Å². The molecule has 6 rings (SSSR count). The van der Waals surface area contributed by atoms with Crippen LogP contribution in [-0.2, 0) is 16.1 Å². The summed E-state index contributed by atoms with van der Waals surface area (Å²) in [7, 11) is 0. The van der Waals surface area contributed by atoms with Crippen LogP contribution < -0.4 is 5.32 Å². The maximum Gasteiger partial charge on any atom is 0.243 e. The van der Waals surface area contributed by atoms with Crippen LogP contribution in [0.5, 0.6) is 0 Å². The van der Waals surface area contributed by atoms with Crippen molar-refractivity contribution in [2.45, 2.75) is 44.3 Å². The Hall–Kier alpha value is -4.25. The van der Waals surface area contributed by atoms with Crippen LogP contribution in [-0.4, -0.2) is 28.5 Å². The predicted molar refractivity (Wildman–Crippen MR) is 167 cm³/mol. The fourth-order valence-corrected chi connectivity index (χ4v) is 6.94. The molecule has 1 aliphatic heterocycles. The van der Waals surface area contributed by atoms with Crippen molar-refractivity contribution in [2.75, 3.05) is 0 Å². The molecular formula is C35H30ClN3O3S. The van der Waals surface area contributed by atoms with Crippen LogP contribution in [0.1, 0.15) is 62.3 Å². The largest absolute Gasteiger partial charge is 0.350 e. The van der Waals surface area contributed by atoms with Crippen molar-refractivity contribution in [1.82, 2.24) is 10.2 Å². The number of thiophene rings is 1. The van der Waals surface area contributed by atoms with Crippen molar-refractivity contribution >= 4 is 40.5 Å². The van der Waals surface area contributed by atoms with Crippen LogP contribution in [0.15, 0.2) is 90.3 Å². The number of ketones is 1. The SMILES string of the molecule is Cc1ccc(CNC(=O)C2C(c3ccc(Cl)cc3)C(C(=O)c3cccs3)C(c3ccc(C#N)cc3)N2C(=O)C2CC2)cc1. The van der Waals surface area contributed by atoms with Gasteiger partial charge in [0, 0.05) is 23.4 Å². The standard InChI is InChI=1S/C35H30ClN3O3S/c1-21-4-6-23(7-5-21)20-38-34(41)32-29(24-14-16-27(36)17-15-24)30(33(40)28-3-2-18-43-28)31(39(32)35(42)26-12-13-26)25-10-8-22(19-37)9-11-25/h2-11,14-18,26,29-32H,12-13,20H2,1H3,(H,38,41). The fourth-order valence-electron chi connectivity index (χ4n) is 6.10. The van der Waals surface area contributed by atoms with Gasteiger partial charge in [0.25, 0.3) is 0 Å². The first-order chi connectivity index (χ1) is 20.9. The van der Waals surface area contributed by atoms with Gasteiger partial charge in [-0.2, -0.15) is 5.26 Å².